The predicted molar refractivity (Wildman–Crippen MR) is 118 cm³/mol. The molecule has 0 saturated heterocycles. The van der Waals surface area contributed by atoms with E-state index in [0.29, 0.717) is 10.6 Å². The minimum atomic E-state index is -0.281. The lowest BCUT2D eigenvalue weighted by Gasteiger charge is -2.21. The first kappa shape index (κ1) is 20.6. The van der Waals surface area contributed by atoms with Crippen LogP contribution in [0.2, 0.25) is 5.02 Å². The van der Waals surface area contributed by atoms with Crippen molar-refractivity contribution in [3.63, 3.8) is 0 Å². The first-order valence-electron chi connectivity index (χ1n) is 9.71. The van der Waals surface area contributed by atoms with Crippen molar-refractivity contribution < 1.29 is 9.53 Å². The summed E-state index contributed by atoms with van der Waals surface area (Å²) in [5.74, 6) is 1.38. The monoisotopic (exact) mass is 416 g/mol. The molecule has 148 valence electrons. The van der Waals surface area contributed by atoms with E-state index in [0.717, 1.165) is 30.4 Å². The van der Waals surface area contributed by atoms with Gasteiger partial charge in [0, 0.05) is 16.3 Å². The topological polar surface area (TPSA) is 50.4 Å². The van der Waals surface area contributed by atoms with Crippen LogP contribution in [-0.4, -0.2) is 17.6 Å². The van der Waals surface area contributed by atoms with Gasteiger partial charge in [-0.05, 0) is 73.1 Å². The molecule has 0 aliphatic heterocycles. The fraction of sp³-hybridized carbons (Fsp3) is 0.364. The maximum absolute atomic E-state index is 12.2. The van der Waals surface area contributed by atoms with E-state index >= 15 is 0 Å². The highest BCUT2D eigenvalue weighted by Crippen LogP contribution is 2.26. The number of hydrogen-bond acceptors (Lipinski definition) is 3. The largest absolute Gasteiger partial charge is 0.494 e. The van der Waals surface area contributed by atoms with E-state index in [1.54, 1.807) is 24.3 Å². The van der Waals surface area contributed by atoms with E-state index in [-0.39, 0.29) is 11.0 Å². The second-order valence-corrected chi connectivity index (χ2v) is 7.93. The van der Waals surface area contributed by atoms with Gasteiger partial charge < -0.3 is 10.1 Å². The highest BCUT2D eigenvalue weighted by Gasteiger charge is 2.13. The van der Waals surface area contributed by atoms with Gasteiger partial charge in [-0.25, -0.2) is 0 Å². The predicted octanol–water partition coefficient (Wildman–Crippen LogP) is 5.82. The molecule has 0 aromatic heterocycles. The van der Waals surface area contributed by atoms with Crippen molar-refractivity contribution in [2.45, 2.75) is 38.5 Å². The molecule has 0 atom stereocenters. The molecule has 0 unspecified atom stereocenters. The number of halogens is 1. The molecule has 0 bridgehead atoms. The molecule has 1 saturated carbocycles. The Kier molecular flexibility index (Phi) is 7.69. The van der Waals surface area contributed by atoms with Crippen molar-refractivity contribution in [3.05, 3.63) is 59.1 Å². The minimum absolute atomic E-state index is 0.242. The molecular weight excluding hydrogens is 392 g/mol. The molecule has 1 amide bonds. The van der Waals surface area contributed by atoms with Crippen molar-refractivity contribution >= 4 is 40.5 Å². The van der Waals surface area contributed by atoms with Gasteiger partial charge in [-0.2, -0.15) is 0 Å². The molecule has 0 spiro atoms. The van der Waals surface area contributed by atoms with Crippen LogP contribution in [0.3, 0.4) is 0 Å². The Hall–Kier alpha value is -2.11. The second kappa shape index (κ2) is 10.4. The molecule has 1 aliphatic rings. The van der Waals surface area contributed by atoms with E-state index in [9.17, 15) is 4.79 Å². The van der Waals surface area contributed by atoms with Crippen molar-refractivity contribution in [2.75, 3.05) is 11.9 Å². The molecule has 0 heterocycles. The van der Waals surface area contributed by atoms with Gasteiger partial charge in [-0.15, -0.1) is 0 Å². The van der Waals surface area contributed by atoms with Gasteiger partial charge >= 0.3 is 0 Å². The first-order chi connectivity index (χ1) is 13.6. The molecule has 2 aromatic carbocycles. The number of amides is 1. The van der Waals surface area contributed by atoms with Crippen molar-refractivity contribution in [3.8, 4) is 5.75 Å². The van der Waals surface area contributed by atoms with Gasteiger partial charge in [0.05, 0.1) is 6.61 Å². The van der Waals surface area contributed by atoms with Crippen LogP contribution in [0.5, 0.6) is 5.75 Å². The lowest BCUT2D eigenvalue weighted by Crippen LogP contribution is -2.34. The number of thiocarbonyl (C=S) groups is 1. The Morgan fingerprint density at radius 1 is 1.04 bits per heavy atom. The average Bonchev–Trinajstić information content (AvgIpc) is 2.70. The summed E-state index contributed by atoms with van der Waals surface area (Å²) < 4.78 is 5.86. The molecule has 2 aromatic rings. The fourth-order valence-electron chi connectivity index (χ4n) is 3.39. The standard InChI is InChI=1S/C22H25ClN2O2S/c23-18-8-6-17(7-9-18)21(26)25-22(28)24-19-10-12-20(13-11-19)27-15-14-16-4-2-1-3-5-16/h6-13,16H,1-5,14-15H2,(H2,24,25,26,28). The number of benzene rings is 2. The van der Waals surface area contributed by atoms with Gasteiger partial charge in [0.1, 0.15) is 5.75 Å². The Morgan fingerprint density at radius 2 is 1.71 bits per heavy atom. The Labute approximate surface area is 176 Å². The van der Waals surface area contributed by atoms with Crippen LogP contribution in [0.15, 0.2) is 48.5 Å². The van der Waals surface area contributed by atoms with Crippen molar-refractivity contribution in [2.24, 2.45) is 5.92 Å². The summed E-state index contributed by atoms with van der Waals surface area (Å²) in [6, 6.07) is 14.2. The summed E-state index contributed by atoms with van der Waals surface area (Å²) in [7, 11) is 0. The molecule has 28 heavy (non-hydrogen) atoms. The van der Waals surface area contributed by atoms with E-state index in [1.807, 2.05) is 24.3 Å². The Morgan fingerprint density at radius 3 is 2.39 bits per heavy atom. The summed E-state index contributed by atoms with van der Waals surface area (Å²) in [6.45, 7) is 0.757. The molecule has 4 nitrogen and oxygen atoms in total. The smallest absolute Gasteiger partial charge is 0.257 e. The number of anilines is 1. The van der Waals surface area contributed by atoms with Crippen LogP contribution in [0.1, 0.15) is 48.9 Å². The quantitative estimate of drug-likeness (QED) is 0.583. The zero-order chi connectivity index (χ0) is 19.8. The summed E-state index contributed by atoms with van der Waals surface area (Å²) in [5, 5.41) is 6.49. The van der Waals surface area contributed by atoms with E-state index < -0.39 is 0 Å². The highest BCUT2D eigenvalue weighted by molar-refractivity contribution is 7.80. The number of carbonyl (C=O) groups is 1. The van der Waals surface area contributed by atoms with Crippen LogP contribution >= 0.6 is 23.8 Å². The maximum Gasteiger partial charge on any atom is 0.257 e. The number of rotatable bonds is 6. The van der Waals surface area contributed by atoms with Crippen molar-refractivity contribution in [1.82, 2.24) is 5.32 Å². The summed E-state index contributed by atoms with van der Waals surface area (Å²) in [5.41, 5.74) is 1.29. The highest BCUT2D eigenvalue weighted by atomic mass is 35.5. The molecule has 1 aliphatic carbocycles. The van der Waals surface area contributed by atoms with Gasteiger partial charge in [-0.3, -0.25) is 10.1 Å². The summed E-state index contributed by atoms with van der Waals surface area (Å²) >= 11 is 11.0. The Bertz CT molecular complexity index is 787. The third-order valence-electron chi connectivity index (χ3n) is 4.97. The van der Waals surface area contributed by atoms with Crippen LogP contribution in [0, 0.1) is 5.92 Å². The molecule has 2 N–H and O–H groups in total. The van der Waals surface area contributed by atoms with Crippen LogP contribution in [-0.2, 0) is 0 Å². The first-order valence-corrected chi connectivity index (χ1v) is 10.5. The van der Waals surface area contributed by atoms with Gasteiger partial charge in [-0.1, -0.05) is 43.7 Å². The van der Waals surface area contributed by atoms with E-state index in [2.05, 4.69) is 10.6 Å². The molecule has 3 rings (SSSR count). The lowest BCUT2D eigenvalue weighted by atomic mass is 9.87. The normalized spacial score (nSPS) is 14.3. The SMILES string of the molecule is O=C(NC(=S)Nc1ccc(OCCC2CCCCC2)cc1)c1ccc(Cl)cc1. The third-order valence-corrected chi connectivity index (χ3v) is 5.42. The summed E-state index contributed by atoms with van der Waals surface area (Å²) in [6.07, 6.45) is 7.91. The molecular formula is C22H25ClN2O2S. The molecule has 0 radical (unpaired) electrons. The van der Waals surface area contributed by atoms with Crippen LogP contribution in [0.4, 0.5) is 5.69 Å². The van der Waals surface area contributed by atoms with Crippen LogP contribution in [0.25, 0.3) is 0 Å². The maximum atomic E-state index is 12.2. The zero-order valence-corrected chi connectivity index (χ0v) is 17.3. The molecule has 6 heteroatoms. The summed E-state index contributed by atoms with van der Waals surface area (Å²) in [4.78, 5) is 12.2. The van der Waals surface area contributed by atoms with E-state index in [4.69, 9.17) is 28.6 Å². The Balaban J connectivity index is 1.42. The van der Waals surface area contributed by atoms with Gasteiger partial charge in [0.25, 0.3) is 5.91 Å². The number of nitrogens with one attached hydrogen (secondary N) is 2. The third kappa shape index (κ3) is 6.50. The number of carbonyl (C=O) groups excluding carboxylic acids is 1. The number of ether oxygens (including phenoxy) is 1. The molecule has 1 fully saturated rings. The minimum Gasteiger partial charge on any atom is -0.494 e. The van der Waals surface area contributed by atoms with Gasteiger partial charge in [0.15, 0.2) is 5.11 Å². The zero-order valence-electron chi connectivity index (χ0n) is 15.7. The fourth-order valence-corrected chi connectivity index (χ4v) is 3.73. The lowest BCUT2D eigenvalue weighted by molar-refractivity contribution is 0.0977. The van der Waals surface area contributed by atoms with Gasteiger partial charge in [0.2, 0.25) is 0 Å². The van der Waals surface area contributed by atoms with E-state index in [1.165, 1.54) is 32.1 Å². The van der Waals surface area contributed by atoms with Crippen molar-refractivity contribution in [1.29, 1.82) is 0 Å². The second-order valence-electron chi connectivity index (χ2n) is 7.08. The average molecular weight is 417 g/mol. The van der Waals surface area contributed by atoms with Crippen LogP contribution < -0.4 is 15.4 Å². The number of hydrogen-bond donors (Lipinski definition) is 2.